The number of nitro benzene ring substituents is 1. The molecule has 0 N–H and O–H groups in total. The number of esters is 1. The lowest BCUT2D eigenvalue weighted by Gasteiger charge is -1.98. The molecule has 0 radical (unpaired) electrons. The summed E-state index contributed by atoms with van der Waals surface area (Å²) >= 11 is 0. The summed E-state index contributed by atoms with van der Waals surface area (Å²) in [6.07, 6.45) is 0. The number of rotatable bonds is 4. The van der Waals surface area contributed by atoms with Gasteiger partial charge in [-0.15, -0.1) is 0 Å². The number of nitriles is 1. The summed E-state index contributed by atoms with van der Waals surface area (Å²) in [7, 11) is 0. The largest absolute Gasteiger partial charge is 0.449 e. The molecule has 0 amide bonds. The van der Waals surface area contributed by atoms with E-state index in [0.717, 1.165) is 0 Å². The van der Waals surface area contributed by atoms with Gasteiger partial charge in [-0.2, -0.15) is 5.26 Å². The highest BCUT2D eigenvalue weighted by atomic mass is 16.6. The Morgan fingerprint density at radius 1 is 1.30 bits per heavy atom. The van der Waals surface area contributed by atoms with Gasteiger partial charge in [-0.25, -0.2) is 4.79 Å². The molecule has 0 atom stereocenters. The van der Waals surface area contributed by atoms with Crippen molar-refractivity contribution in [2.75, 3.05) is 6.61 Å². The van der Waals surface area contributed by atoms with E-state index in [1.54, 1.807) is 12.1 Å². The Morgan fingerprint density at radius 3 is 2.60 bits per heavy atom. The van der Waals surface area contributed by atoms with Crippen LogP contribution in [0.25, 0.3) is 11.3 Å². The summed E-state index contributed by atoms with van der Waals surface area (Å²) in [4.78, 5) is 21.5. The van der Waals surface area contributed by atoms with Gasteiger partial charge in [0, 0.05) is 17.7 Å². The van der Waals surface area contributed by atoms with E-state index in [-0.39, 0.29) is 18.1 Å². The average molecular weight is 272 g/mol. The lowest BCUT2D eigenvalue weighted by Crippen LogP contribution is -2.03. The van der Waals surface area contributed by atoms with Gasteiger partial charge in [0.05, 0.1) is 4.92 Å². The maximum atomic E-state index is 11.4. The molecule has 1 aromatic carbocycles. The van der Waals surface area contributed by atoms with Crippen molar-refractivity contribution in [2.45, 2.75) is 0 Å². The first-order chi connectivity index (χ1) is 9.61. The number of ether oxygens (including phenoxy) is 1. The molecular weight excluding hydrogens is 264 g/mol. The monoisotopic (exact) mass is 272 g/mol. The molecule has 0 aliphatic heterocycles. The molecule has 0 unspecified atom stereocenters. The summed E-state index contributed by atoms with van der Waals surface area (Å²) in [6.45, 7) is -0.355. The molecule has 7 nitrogen and oxygen atoms in total. The number of non-ortho nitro benzene ring substituents is 1. The van der Waals surface area contributed by atoms with Crippen LogP contribution in [0.4, 0.5) is 5.69 Å². The molecule has 0 saturated carbocycles. The highest BCUT2D eigenvalue weighted by Crippen LogP contribution is 2.24. The lowest BCUT2D eigenvalue weighted by molar-refractivity contribution is -0.384. The second-order valence-electron chi connectivity index (χ2n) is 3.70. The molecule has 1 aromatic heterocycles. The van der Waals surface area contributed by atoms with Crippen LogP contribution in [0.5, 0.6) is 0 Å². The number of carbonyl (C=O) groups excluding carboxylic acids is 1. The Kier molecular flexibility index (Phi) is 3.77. The van der Waals surface area contributed by atoms with E-state index in [0.29, 0.717) is 11.3 Å². The molecule has 0 bridgehead atoms. The van der Waals surface area contributed by atoms with Crippen LogP contribution in [0.15, 0.2) is 40.8 Å². The number of benzene rings is 1. The second-order valence-corrected chi connectivity index (χ2v) is 3.70. The molecule has 0 fully saturated rings. The van der Waals surface area contributed by atoms with E-state index in [1.807, 2.05) is 0 Å². The van der Waals surface area contributed by atoms with Crippen LogP contribution < -0.4 is 0 Å². The topological polar surface area (TPSA) is 106 Å². The number of nitrogens with zero attached hydrogens (tertiary/aromatic N) is 2. The third-order valence-electron chi connectivity index (χ3n) is 2.44. The smallest absolute Gasteiger partial charge is 0.375 e. The van der Waals surface area contributed by atoms with Crippen LogP contribution in [0, 0.1) is 21.4 Å². The van der Waals surface area contributed by atoms with Crippen molar-refractivity contribution in [3.05, 3.63) is 52.3 Å². The highest BCUT2D eigenvalue weighted by Gasteiger charge is 2.14. The van der Waals surface area contributed by atoms with Crippen LogP contribution in [0.2, 0.25) is 0 Å². The van der Waals surface area contributed by atoms with Crippen molar-refractivity contribution in [1.29, 1.82) is 5.26 Å². The Hall–Kier alpha value is -3.14. The molecular formula is C13H8N2O5. The first kappa shape index (κ1) is 13.3. The molecule has 7 heteroatoms. The fourth-order valence-electron chi connectivity index (χ4n) is 1.52. The fourth-order valence-corrected chi connectivity index (χ4v) is 1.52. The minimum absolute atomic E-state index is 0.0334. The molecule has 0 aliphatic carbocycles. The van der Waals surface area contributed by atoms with Crippen LogP contribution in [-0.2, 0) is 4.74 Å². The second kappa shape index (κ2) is 5.67. The molecule has 1 heterocycles. The zero-order chi connectivity index (χ0) is 14.5. The van der Waals surface area contributed by atoms with E-state index in [4.69, 9.17) is 9.68 Å². The summed E-state index contributed by atoms with van der Waals surface area (Å²) in [6, 6.07) is 10.3. The van der Waals surface area contributed by atoms with Crippen LogP contribution in [0.1, 0.15) is 10.6 Å². The average Bonchev–Trinajstić information content (AvgIpc) is 2.94. The molecule has 0 saturated heterocycles. The van der Waals surface area contributed by atoms with Gasteiger partial charge in [0.25, 0.3) is 5.69 Å². The van der Waals surface area contributed by atoms with Gasteiger partial charge in [0.1, 0.15) is 11.8 Å². The molecule has 0 spiro atoms. The van der Waals surface area contributed by atoms with Gasteiger partial charge in [-0.05, 0) is 24.3 Å². The fraction of sp³-hybridized carbons (Fsp3) is 0.0769. The summed E-state index contributed by atoms with van der Waals surface area (Å²) in [5.41, 5.74) is 0.559. The van der Waals surface area contributed by atoms with Crippen molar-refractivity contribution in [3.8, 4) is 17.4 Å². The van der Waals surface area contributed by atoms with Gasteiger partial charge in [0.15, 0.2) is 6.61 Å². The van der Waals surface area contributed by atoms with Crippen molar-refractivity contribution in [3.63, 3.8) is 0 Å². The summed E-state index contributed by atoms with van der Waals surface area (Å²) in [5, 5.41) is 18.8. The minimum atomic E-state index is -0.736. The summed E-state index contributed by atoms with van der Waals surface area (Å²) < 4.78 is 9.87. The summed E-state index contributed by atoms with van der Waals surface area (Å²) in [5.74, 6) is -0.392. The van der Waals surface area contributed by atoms with Crippen molar-refractivity contribution in [2.24, 2.45) is 0 Å². The van der Waals surface area contributed by atoms with Gasteiger partial charge < -0.3 is 9.15 Å². The van der Waals surface area contributed by atoms with E-state index >= 15 is 0 Å². The van der Waals surface area contributed by atoms with E-state index in [2.05, 4.69) is 4.74 Å². The Balaban J connectivity index is 2.18. The molecule has 20 heavy (non-hydrogen) atoms. The maximum absolute atomic E-state index is 11.4. The molecule has 0 aliphatic rings. The first-order valence-corrected chi connectivity index (χ1v) is 5.50. The highest BCUT2D eigenvalue weighted by molar-refractivity contribution is 5.87. The van der Waals surface area contributed by atoms with Crippen LogP contribution in [0.3, 0.4) is 0 Å². The molecule has 100 valence electrons. The Bertz CT molecular complexity index is 682. The third kappa shape index (κ3) is 2.81. The predicted molar refractivity (Wildman–Crippen MR) is 66.7 cm³/mol. The third-order valence-corrected chi connectivity index (χ3v) is 2.44. The maximum Gasteiger partial charge on any atom is 0.375 e. The Morgan fingerprint density at radius 2 is 2.00 bits per heavy atom. The Labute approximate surface area is 113 Å². The van der Waals surface area contributed by atoms with Gasteiger partial charge in [-0.3, -0.25) is 10.1 Å². The number of nitro groups is 1. The van der Waals surface area contributed by atoms with Crippen molar-refractivity contribution >= 4 is 11.7 Å². The number of hydrogen-bond acceptors (Lipinski definition) is 6. The minimum Gasteiger partial charge on any atom is -0.449 e. The number of furan rings is 1. The van der Waals surface area contributed by atoms with E-state index in [1.165, 1.54) is 30.3 Å². The van der Waals surface area contributed by atoms with Gasteiger partial charge in [-0.1, -0.05) is 0 Å². The predicted octanol–water partition coefficient (Wildman–Crippen LogP) is 2.54. The van der Waals surface area contributed by atoms with E-state index in [9.17, 15) is 14.9 Å². The van der Waals surface area contributed by atoms with Crippen LogP contribution >= 0.6 is 0 Å². The number of carbonyl (C=O) groups is 1. The van der Waals surface area contributed by atoms with Crippen molar-refractivity contribution < 1.29 is 18.9 Å². The zero-order valence-electron chi connectivity index (χ0n) is 10.1. The van der Waals surface area contributed by atoms with Gasteiger partial charge >= 0.3 is 5.97 Å². The van der Waals surface area contributed by atoms with Crippen molar-refractivity contribution in [1.82, 2.24) is 0 Å². The van der Waals surface area contributed by atoms with Gasteiger partial charge in [0.2, 0.25) is 5.76 Å². The first-order valence-electron chi connectivity index (χ1n) is 5.50. The van der Waals surface area contributed by atoms with E-state index < -0.39 is 10.9 Å². The number of hydrogen-bond donors (Lipinski definition) is 0. The van der Waals surface area contributed by atoms with Crippen LogP contribution in [-0.4, -0.2) is 17.5 Å². The normalized spacial score (nSPS) is 9.75. The standard InChI is InChI=1S/C13H8N2O5/c14-7-8-19-13(16)12-6-5-11(20-12)9-1-3-10(4-2-9)15(17)18/h1-6H,8H2. The quantitative estimate of drug-likeness (QED) is 0.481. The molecule has 2 aromatic rings. The molecule has 2 rings (SSSR count). The lowest BCUT2D eigenvalue weighted by atomic mass is 10.1. The zero-order valence-corrected chi connectivity index (χ0v) is 10.1. The SMILES string of the molecule is N#CCOC(=O)c1ccc(-c2ccc([N+](=O)[O-])cc2)o1.